The lowest BCUT2D eigenvalue weighted by Gasteiger charge is -2.14. The second-order valence-electron chi connectivity index (χ2n) is 4.15. The first-order valence-corrected chi connectivity index (χ1v) is 6.33. The summed E-state index contributed by atoms with van der Waals surface area (Å²) in [5.74, 6) is -0.386. The molecule has 106 valence electrons. The molecule has 3 nitrogen and oxygen atoms in total. The topological polar surface area (TPSA) is 48.1 Å². The predicted molar refractivity (Wildman–Crippen MR) is 72.6 cm³/mol. The molecule has 0 unspecified atom stereocenters. The van der Waals surface area contributed by atoms with Gasteiger partial charge in [0.25, 0.3) is 0 Å². The fourth-order valence-corrected chi connectivity index (χ4v) is 1.88. The molecule has 2 aromatic rings. The maximum atomic E-state index is 12.9. The van der Waals surface area contributed by atoms with E-state index in [9.17, 15) is 13.2 Å². The molecule has 0 amide bonds. The van der Waals surface area contributed by atoms with Crippen molar-refractivity contribution >= 4 is 21.6 Å². The van der Waals surface area contributed by atoms with E-state index in [0.29, 0.717) is 0 Å². The molecule has 0 saturated heterocycles. The van der Waals surface area contributed by atoms with Crippen molar-refractivity contribution in [3.05, 3.63) is 46.1 Å². The van der Waals surface area contributed by atoms with E-state index < -0.39 is 17.6 Å². The van der Waals surface area contributed by atoms with E-state index >= 15 is 0 Å². The highest BCUT2D eigenvalue weighted by atomic mass is 79.9. The van der Waals surface area contributed by atoms with Crippen molar-refractivity contribution in [3.8, 4) is 11.6 Å². The summed E-state index contributed by atoms with van der Waals surface area (Å²) in [4.78, 5) is 3.67. The Kier molecular flexibility index (Phi) is 3.89. The largest absolute Gasteiger partial charge is 0.436 e. The lowest BCUT2D eigenvalue weighted by molar-refractivity contribution is -0.138. The molecule has 1 aromatic carbocycles. The molecule has 0 radical (unpaired) electrons. The van der Waals surface area contributed by atoms with Gasteiger partial charge in [-0.1, -0.05) is 6.07 Å². The Morgan fingerprint density at radius 1 is 1.25 bits per heavy atom. The number of hydrogen-bond donors (Lipinski definition) is 1. The van der Waals surface area contributed by atoms with Crippen LogP contribution in [0.15, 0.2) is 34.9 Å². The van der Waals surface area contributed by atoms with E-state index in [1.165, 1.54) is 6.20 Å². The maximum Gasteiger partial charge on any atom is 0.421 e. The number of hydrogen-bond acceptors (Lipinski definition) is 3. The van der Waals surface area contributed by atoms with Crippen LogP contribution < -0.4 is 10.5 Å². The van der Waals surface area contributed by atoms with Crippen LogP contribution in [0.2, 0.25) is 0 Å². The summed E-state index contributed by atoms with van der Waals surface area (Å²) in [7, 11) is 0. The van der Waals surface area contributed by atoms with Crippen LogP contribution in [-0.2, 0) is 6.18 Å². The molecule has 1 heterocycles. The first kappa shape index (κ1) is 14.6. The number of rotatable bonds is 2. The number of anilines is 1. The van der Waals surface area contributed by atoms with Crippen LogP contribution in [0.3, 0.4) is 0 Å². The number of nitrogens with two attached hydrogens (primary N) is 1. The lowest BCUT2D eigenvalue weighted by Crippen LogP contribution is -2.09. The Morgan fingerprint density at radius 3 is 2.60 bits per heavy atom. The van der Waals surface area contributed by atoms with Gasteiger partial charge in [-0.2, -0.15) is 13.2 Å². The van der Waals surface area contributed by atoms with Crippen molar-refractivity contribution in [2.75, 3.05) is 5.73 Å². The van der Waals surface area contributed by atoms with Gasteiger partial charge >= 0.3 is 6.18 Å². The average Bonchev–Trinajstić information content (AvgIpc) is 2.34. The van der Waals surface area contributed by atoms with Gasteiger partial charge in [-0.3, -0.25) is 0 Å². The van der Waals surface area contributed by atoms with Gasteiger partial charge in [0.1, 0.15) is 5.56 Å². The molecule has 0 saturated carbocycles. The van der Waals surface area contributed by atoms with Crippen LogP contribution >= 0.6 is 15.9 Å². The predicted octanol–water partition coefficient (Wildman–Crippen LogP) is 4.55. The molecule has 0 aliphatic carbocycles. The first-order chi connectivity index (χ1) is 9.27. The number of pyridine rings is 1. The molecule has 1 aromatic heterocycles. The van der Waals surface area contributed by atoms with Crippen LogP contribution in [0.25, 0.3) is 0 Å². The second kappa shape index (κ2) is 5.32. The van der Waals surface area contributed by atoms with Crippen LogP contribution in [0.5, 0.6) is 11.6 Å². The standard InChI is InChI=1S/C13H10BrF3N2O/c1-7-2-3-10(18)11(4-7)20-12-9(13(15,16)17)5-8(14)6-19-12/h2-6H,18H2,1H3. The van der Waals surface area contributed by atoms with E-state index in [0.717, 1.165) is 11.6 Å². The smallest absolute Gasteiger partial charge is 0.421 e. The normalized spacial score (nSPS) is 11.4. The summed E-state index contributed by atoms with van der Waals surface area (Å²) < 4.78 is 44.3. The number of nitrogens with zero attached hydrogens (tertiary/aromatic N) is 1. The summed E-state index contributed by atoms with van der Waals surface area (Å²) in [6.45, 7) is 1.78. The van der Waals surface area contributed by atoms with Gasteiger partial charge in [0.05, 0.1) is 5.69 Å². The van der Waals surface area contributed by atoms with E-state index in [1.807, 2.05) is 0 Å². The van der Waals surface area contributed by atoms with Gasteiger partial charge in [-0.15, -0.1) is 0 Å². The number of halogens is 4. The van der Waals surface area contributed by atoms with Crippen molar-refractivity contribution < 1.29 is 17.9 Å². The molecule has 0 aliphatic heterocycles. The molecule has 0 bridgehead atoms. The summed E-state index contributed by atoms with van der Waals surface area (Å²) in [6.07, 6.45) is -3.33. The molecule has 0 aliphatic rings. The fraction of sp³-hybridized carbons (Fsp3) is 0.154. The third-order valence-electron chi connectivity index (χ3n) is 2.50. The van der Waals surface area contributed by atoms with Crippen LogP contribution in [0, 0.1) is 6.92 Å². The summed E-state index contributed by atoms with van der Waals surface area (Å²) in [5.41, 5.74) is 5.78. The lowest BCUT2D eigenvalue weighted by atomic mass is 10.2. The number of benzene rings is 1. The molecule has 20 heavy (non-hydrogen) atoms. The van der Waals surface area contributed by atoms with E-state index in [4.69, 9.17) is 10.5 Å². The molecule has 7 heteroatoms. The van der Waals surface area contributed by atoms with Crippen molar-refractivity contribution in [1.29, 1.82) is 0 Å². The number of aromatic nitrogens is 1. The minimum atomic E-state index is -4.56. The number of alkyl halides is 3. The first-order valence-electron chi connectivity index (χ1n) is 5.54. The van der Waals surface area contributed by atoms with Gasteiger partial charge in [-0.05, 0) is 46.6 Å². The highest BCUT2D eigenvalue weighted by molar-refractivity contribution is 9.10. The molecule has 0 fully saturated rings. The summed E-state index contributed by atoms with van der Waals surface area (Å²) in [6, 6.07) is 5.77. The Bertz CT molecular complexity index is 644. The molecular formula is C13H10BrF3N2O. The molecule has 2 N–H and O–H groups in total. The zero-order valence-electron chi connectivity index (χ0n) is 10.3. The number of ether oxygens (including phenoxy) is 1. The zero-order valence-corrected chi connectivity index (χ0v) is 11.9. The van der Waals surface area contributed by atoms with E-state index in [1.54, 1.807) is 25.1 Å². The summed E-state index contributed by atoms with van der Waals surface area (Å²) in [5, 5.41) is 0. The third-order valence-corrected chi connectivity index (χ3v) is 2.93. The highest BCUT2D eigenvalue weighted by Gasteiger charge is 2.36. The fourth-order valence-electron chi connectivity index (χ4n) is 1.55. The summed E-state index contributed by atoms with van der Waals surface area (Å²) >= 11 is 2.96. The van der Waals surface area contributed by atoms with Crippen LogP contribution in [-0.4, -0.2) is 4.98 Å². The van der Waals surface area contributed by atoms with Crippen molar-refractivity contribution in [2.24, 2.45) is 0 Å². The SMILES string of the molecule is Cc1ccc(N)c(Oc2ncc(Br)cc2C(F)(F)F)c1. The third kappa shape index (κ3) is 3.22. The molecule has 0 atom stereocenters. The second-order valence-corrected chi connectivity index (χ2v) is 5.06. The Morgan fingerprint density at radius 2 is 1.95 bits per heavy atom. The molecule has 2 rings (SSSR count). The minimum Gasteiger partial charge on any atom is -0.436 e. The van der Waals surface area contributed by atoms with Crippen molar-refractivity contribution in [2.45, 2.75) is 13.1 Å². The quantitative estimate of drug-likeness (QED) is 0.811. The molecule has 0 spiro atoms. The Hall–Kier alpha value is -1.76. The van der Waals surface area contributed by atoms with Gasteiger partial charge in [0.15, 0.2) is 5.75 Å². The maximum absolute atomic E-state index is 12.9. The Balaban J connectivity index is 2.46. The highest BCUT2D eigenvalue weighted by Crippen LogP contribution is 2.39. The average molecular weight is 347 g/mol. The minimum absolute atomic E-state index is 0.144. The van der Waals surface area contributed by atoms with Crippen molar-refractivity contribution in [1.82, 2.24) is 4.98 Å². The van der Waals surface area contributed by atoms with Gasteiger partial charge in [-0.25, -0.2) is 4.98 Å². The zero-order chi connectivity index (χ0) is 14.9. The van der Waals surface area contributed by atoms with Gasteiger partial charge in [0.2, 0.25) is 5.88 Å². The van der Waals surface area contributed by atoms with E-state index in [2.05, 4.69) is 20.9 Å². The van der Waals surface area contributed by atoms with Crippen molar-refractivity contribution in [3.63, 3.8) is 0 Å². The number of aryl methyl sites for hydroxylation is 1. The van der Waals surface area contributed by atoms with Gasteiger partial charge in [0, 0.05) is 10.7 Å². The number of nitrogen functional groups attached to an aromatic ring is 1. The van der Waals surface area contributed by atoms with Crippen LogP contribution in [0.4, 0.5) is 18.9 Å². The Labute approximate surface area is 121 Å². The van der Waals surface area contributed by atoms with E-state index in [-0.39, 0.29) is 15.9 Å². The van der Waals surface area contributed by atoms with Crippen LogP contribution in [0.1, 0.15) is 11.1 Å². The van der Waals surface area contributed by atoms with Gasteiger partial charge < -0.3 is 10.5 Å². The monoisotopic (exact) mass is 346 g/mol. The molecular weight excluding hydrogens is 337 g/mol.